The summed E-state index contributed by atoms with van der Waals surface area (Å²) in [6.45, 7) is 10.5. The van der Waals surface area contributed by atoms with Crippen molar-refractivity contribution in [3.8, 4) is 0 Å². The van der Waals surface area contributed by atoms with Crippen LogP contribution < -0.4 is 5.32 Å². The van der Waals surface area contributed by atoms with Gasteiger partial charge in [-0.05, 0) is 38.3 Å². The van der Waals surface area contributed by atoms with Crippen LogP contribution >= 0.6 is 24.0 Å². The van der Waals surface area contributed by atoms with Crippen molar-refractivity contribution in [1.82, 2.24) is 24.9 Å². The van der Waals surface area contributed by atoms with Gasteiger partial charge in [-0.15, -0.1) is 24.0 Å². The van der Waals surface area contributed by atoms with E-state index in [1.807, 2.05) is 31.2 Å². The van der Waals surface area contributed by atoms with E-state index in [1.54, 1.807) is 0 Å². The number of morpholine rings is 1. The van der Waals surface area contributed by atoms with Gasteiger partial charge < -0.3 is 15.0 Å². The van der Waals surface area contributed by atoms with Crippen molar-refractivity contribution >= 4 is 29.9 Å². The molecular formula is C20H37IN6O. The molecule has 2 aliphatic heterocycles. The number of nitrogens with one attached hydrogen (secondary N) is 1. The molecule has 0 aliphatic carbocycles. The maximum absolute atomic E-state index is 5.98. The first-order valence-corrected chi connectivity index (χ1v) is 10.4. The highest BCUT2D eigenvalue weighted by atomic mass is 127. The van der Waals surface area contributed by atoms with Crippen LogP contribution in [0.25, 0.3) is 0 Å². The Bertz CT molecular complexity index is 614. The molecule has 8 heteroatoms. The van der Waals surface area contributed by atoms with E-state index in [0.717, 1.165) is 31.2 Å². The van der Waals surface area contributed by atoms with Gasteiger partial charge in [-0.1, -0.05) is 13.8 Å². The molecule has 28 heavy (non-hydrogen) atoms. The summed E-state index contributed by atoms with van der Waals surface area (Å²) in [7, 11) is 3.82. The lowest BCUT2D eigenvalue weighted by molar-refractivity contribution is -0.00814. The average molecular weight is 504 g/mol. The fraction of sp³-hybridized carbons (Fsp3) is 0.800. The van der Waals surface area contributed by atoms with Crippen molar-refractivity contribution in [2.75, 3.05) is 46.4 Å². The molecule has 1 N–H and O–H groups in total. The second-order valence-electron chi connectivity index (χ2n) is 8.21. The first-order chi connectivity index (χ1) is 13.1. The largest absolute Gasteiger partial charge is 0.370 e. The topological polar surface area (TPSA) is 57.9 Å². The van der Waals surface area contributed by atoms with Gasteiger partial charge in [-0.3, -0.25) is 14.6 Å². The normalized spacial score (nSPS) is 22.4. The lowest BCUT2D eigenvalue weighted by atomic mass is 10.0. The van der Waals surface area contributed by atoms with Gasteiger partial charge in [0, 0.05) is 45.0 Å². The van der Waals surface area contributed by atoms with Crippen LogP contribution in [0.5, 0.6) is 0 Å². The highest BCUT2D eigenvalue weighted by Crippen LogP contribution is 2.22. The molecule has 2 fully saturated rings. The van der Waals surface area contributed by atoms with Crippen molar-refractivity contribution in [3.05, 3.63) is 18.0 Å². The molecule has 7 nitrogen and oxygen atoms in total. The van der Waals surface area contributed by atoms with Crippen LogP contribution in [0, 0.1) is 5.92 Å². The summed E-state index contributed by atoms with van der Waals surface area (Å²) in [5.74, 6) is 1.69. The SMILES string of the molecule is CN=C(NCC(CC(C)C)N1CCCC1)N1CCOC(c2cnn(C)c2)C1.I. The fourth-order valence-corrected chi connectivity index (χ4v) is 4.20. The highest BCUT2D eigenvalue weighted by molar-refractivity contribution is 14.0. The van der Waals surface area contributed by atoms with Crippen LogP contribution in [0.15, 0.2) is 17.4 Å². The van der Waals surface area contributed by atoms with E-state index < -0.39 is 0 Å². The smallest absolute Gasteiger partial charge is 0.193 e. The fourth-order valence-electron chi connectivity index (χ4n) is 4.20. The summed E-state index contributed by atoms with van der Waals surface area (Å²) >= 11 is 0. The third-order valence-corrected chi connectivity index (χ3v) is 5.57. The minimum absolute atomic E-state index is 0. The Kier molecular flexibility index (Phi) is 9.49. The predicted molar refractivity (Wildman–Crippen MR) is 124 cm³/mol. The zero-order chi connectivity index (χ0) is 19.2. The molecule has 1 aromatic rings. The van der Waals surface area contributed by atoms with Crippen molar-refractivity contribution < 1.29 is 4.74 Å². The first-order valence-electron chi connectivity index (χ1n) is 10.4. The Morgan fingerprint density at radius 1 is 1.32 bits per heavy atom. The predicted octanol–water partition coefficient (Wildman–Crippen LogP) is 2.50. The number of aromatic nitrogens is 2. The number of guanidine groups is 1. The molecule has 0 spiro atoms. The van der Waals surface area contributed by atoms with Gasteiger partial charge in [0.15, 0.2) is 5.96 Å². The molecular weight excluding hydrogens is 467 g/mol. The summed E-state index contributed by atoms with van der Waals surface area (Å²) in [5, 5.41) is 7.94. The molecule has 3 rings (SSSR count). The molecule has 0 saturated carbocycles. The second-order valence-corrected chi connectivity index (χ2v) is 8.21. The Morgan fingerprint density at radius 2 is 2.07 bits per heavy atom. The minimum atomic E-state index is 0. The maximum Gasteiger partial charge on any atom is 0.193 e. The Morgan fingerprint density at radius 3 is 2.68 bits per heavy atom. The number of hydrogen-bond acceptors (Lipinski definition) is 4. The summed E-state index contributed by atoms with van der Waals surface area (Å²) in [5.41, 5.74) is 1.13. The van der Waals surface area contributed by atoms with Gasteiger partial charge in [-0.2, -0.15) is 5.10 Å². The zero-order valence-corrected chi connectivity index (χ0v) is 20.1. The third-order valence-electron chi connectivity index (χ3n) is 5.57. The van der Waals surface area contributed by atoms with Gasteiger partial charge in [0.05, 0.1) is 19.3 Å². The highest BCUT2D eigenvalue weighted by Gasteiger charge is 2.27. The molecule has 3 heterocycles. The van der Waals surface area contributed by atoms with Crippen LogP contribution in [0.1, 0.15) is 44.8 Å². The van der Waals surface area contributed by atoms with E-state index in [-0.39, 0.29) is 30.1 Å². The van der Waals surface area contributed by atoms with E-state index in [4.69, 9.17) is 4.74 Å². The zero-order valence-electron chi connectivity index (χ0n) is 17.8. The lowest BCUT2D eigenvalue weighted by Crippen LogP contribution is -2.51. The van der Waals surface area contributed by atoms with Crippen molar-refractivity contribution in [2.45, 2.75) is 45.3 Å². The molecule has 2 unspecified atom stereocenters. The van der Waals surface area contributed by atoms with E-state index in [9.17, 15) is 0 Å². The molecule has 0 amide bonds. The van der Waals surface area contributed by atoms with Crippen LogP contribution in [0.3, 0.4) is 0 Å². The van der Waals surface area contributed by atoms with Gasteiger partial charge in [0.1, 0.15) is 6.10 Å². The molecule has 2 atom stereocenters. The standard InChI is InChI=1S/C20H36N6O.HI/c1-16(2)11-18(25-7-5-6-8-25)13-22-20(21-3)26-9-10-27-19(15-26)17-12-23-24(4)14-17;/h12,14,16,18-19H,5-11,13,15H2,1-4H3,(H,21,22);1H. The van der Waals surface area contributed by atoms with E-state index >= 15 is 0 Å². The quantitative estimate of drug-likeness (QED) is 0.367. The van der Waals surface area contributed by atoms with Crippen molar-refractivity contribution in [3.63, 3.8) is 0 Å². The maximum atomic E-state index is 5.98. The van der Waals surface area contributed by atoms with E-state index in [1.165, 1.54) is 32.4 Å². The van der Waals surface area contributed by atoms with Crippen LogP contribution in [-0.2, 0) is 11.8 Å². The molecule has 0 radical (unpaired) electrons. The van der Waals surface area contributed by atoms with Crippen molar-refractivity contribution in [1.29, 1.82) is 0 Å². The minimum Gasteiger partial charge on any atom is -0.370 e. The Labute approximate surface area is 186 Å². The molecule has 0 bridgehead atoms. The number of halogens is 1. The average Bonchev–Trinajstić information content (AvgIpc) is 3.33. The molecule has 0 aromatic carbocycles. The Balaban J connectivity index is 0.00000280. The number of hydrogen-bond donors (Lipinski definition) is 1. The Hall–Kier alpha value is -0.870. The number of aryl methyl sites for hydroxylation is 1. The number of rotatable bonds is 6. The van der Waals surface area contributed by atoms with Crippen LogP contribution in [0.4, 0.5) is 0 Å². The lowest BCUT2D eigenvalue weighted by Gasteiger charge is -2.36. The molecule has 160 valence electrons. The van der Waals surface area contributed by atoms with Gasteiger partial charge in [0.2, 0.25) is 0 Å². The van der Waals surface area contributed by atoms with Crippen LogP contribution in [0.2, 0.25) is 0 Å². The summed E-state index contributed by atoms with van der Waals surface area (Å²) < 4.78 is 7.81. The van der Waals surface area contributed by atoms with Gasteiger partial charge in [0.25, 0.3) is 0 Å². The molecule has 2 aliphatic rings. The van der Waals surface area contributed by atoms with E-state index in [2.05, 4.69) is 39.1 Å². The van der Waals surface area contributed by atoms with Crippen molar-refractivity contribution in [2.24, 2.45) is 18.0 Å². The summed E-state index contributed by atoms with van der Waals surface area (Å²) in [4.78, 5) is 9.53. The summed E-state index contributed by atoms with van der Waals surface area (Å²) in [6, 6.07) is 0.583. The number of likely N-dealkylation sites (tertiary alicyclic amines) is 1. The van der Waals surface area contributed by atoms with Gasteiger partial charge >= 0.3 is 0 Å². The second kappa shape index (κ2) is 11.3. The van der Waals surface area contributed by atoms with Gasteiger partial charge in [-0.25, -0.2) is 0 Å². The number of nitrogens with zero attached hydrogens (tertiary/aromatic N) is 5. The third kappa shape index (κ3) is 6.32. The van der Waals surface area contributed by atoms with Crippen LogP contribution in [-0.4, -0.2) is 78.0 Å². The molecule has 2 saturated heterocycles. The number of aliphatic imine (C=N–C) groups is 1. The monoisotopic (exact) mass is 504 g/mol. The summed E-state index contributed by atoms with van der Waals surface area (Å²) in [6.07, 6.45) is 7.88. The molecule has 1 aromatic heterocycles. The number of ether oxygens (including phenoxy) is 1. The van der Waals surface area contributed by atoms with E-state index in [0.29, 0.717) is 18.6 Å². The first kappa shape index (κ1) is 23.4.